The molecule has 3 heterocycles. The molecule has 15 heteroatoms. The number of hydrogen-bond acceptors (Lipinski definition) is 10. The highest BCUT2D eigenvalue weighted by Crippen LogP contribution is 2.52. The Morgan fingerprint density at radius 1 is 1.02 bits per heavy atom. The number of ether oxygens (including phenoxy) is 3. The first-order valence-electron chi connectivity index (χ1n) is 19.5. The monoisotopic (exact) mass is 802 g/mol. The summed E-state index contributed by atoms with van der Waals surface area (Å²) >= 11 is 6.84. The second kappa shape index (κ2) is 15.3. The highest BCUT2D eigenvalue weighted by atomic mass is 35.5. The number of aromatic nitrogens is 2. The van der Waals surface area contributed by atoms with Gasteiger partial charge in [-0.25, -0.2) is 19.6 Å². The Balaban J connectivity index is 1.21. The van der Waals surface area contributed by atoms with E-state index in [1.54, 1.807) is 18.2 Å². The molecule has 3 aromatic rings. The molecule has 14 nitrogen and oxygen atoms in total. The van der Waals surface area contributed by atoms with Crippen molar-refractivity contribution in [2.45, 2.75) is 103 Å². The van der Waals surface area contributed by atoms with Crippen LogP contribution in [0.2, 0.25) is 5.02 Å². The molecule has 8 atom stereocenters. The standard InChI is InChI=1S/C42H51ClN6O8/c1-8-24-19-42(24,39(52)53)48-37(50)30-17-26(20-49(30)38(51)36(41(4,5)6)47-40(54)57-25-15-22-14-23(22)16-25)56-32-18-29(28-10-9-11-33(45-28)44-21(2)3)46-35-27(32)12-13-31(55-7)34(35)43/h8-13,18,21-26,30,36H,1,14-17,19-20H2,2-7H3,(H,44,45)(H,47,54)(H,48,50)(H,52,53)/t22-,23+,24-,25?,26-,30+,36-,42-/m1/s1. The average Bonchev–Trinajstić information content (AvgIpc) is 3.96. The van der Waals surface area contributed by atoms with Crippen molar-refractivity contribution in [1.29, 1.82) is 0 Å². The SMILES string of the molecule is C=C[C@@H]1C[C@]1(NC(=O)[C@@H]1C[C@@H](Oc2cc(-c3cccc(NC(C)C)n3)nc3c(Cl)c(OC)ccc23)CN1C(=O)[C@@H](NC(=O)OC1C[C@@H]2C[C@@H]2C1)C(C)(C)C)C(=O)O. The van der Waals surface area contributed by atoms with Crippen LogP contribution in [0.15, 0.2) is 49.1 Å². The van der Waals surface area contributed by atoms with Gasteiger partial charge in [0.25, 0.3) is 0 Å². The van der Waals surface area contributed by atoms with Crippen LogP contribution in [0.4, 0.5) is 10.6 Å². The van der Waals surface area contributed by atoms with Crippen LogP contribution in [0.1, 0.15) is 66.7 Å². The normalized spacial score (nSPS) is 26.6. The number of carboxylic acids is 1. The first kappa shape index (κ1) is 40.1. The first-order valence-corrected chi connectivity index (χ1v) is 19.9. The summed E-state index contributed by atoms with van der Waals surface area (Å²) in [4.78, 5) is 65.6. The van der Waals surface area contributed by atoms with Crippen LogP contribution >= 0.6 is 11.6 Å². The Morgan fingerprint density at radius 3 is 2.39 bits per heavy atom. The van der Waals surface area contributed by atoms with Crippen LogP contribution in [-0.2, 0) is 19.1 Å². The third kappa shape index (κ3) is 8.19. The Bertz CT molecular complexity index is 2100. The quantitative estimate of drug-likeness (QED) is 0.144. The zero-order chi connectivity index (χ0) is 41.0. The van der Waals surface area contributed by atoms with Crippen LogP contribution in [0, 0.1) is 23.2 Å². The zero-order valence-corrected chi connectivity index (χ0v) is 33.9. The third-order valence-electron chi connectivity index (χ3n) is 11.5. The number of nitrogens with one attached hydrogen (secondary N) is 3. The molecule has 0 spiro atoms. The minimum absolute atomic E-state index is 0.0211. The molecular weight excluding hydrogens is 752 g/mol. The van der Waals surface area contributed by atoms with Crippen LogP contribution < -0.4 is 25.4 Å². The number of anilines is 1. The lowest BCUT2D eigenvalue weighted by molar-refractivity contribution is -0.146. The van der Waals surface area contributed by atoms with Gasteiger partial charge in [0.2, 0.25) is 11.8 Å². The number of likely N-dealkylation sites (tertiary alicyclic amines) is 1. The summed E-state index contributed by atoms with van der Waals surface area (Å²) in [6.45, 7) is 13.2. The van der Waals surface area contributed by atoms with Gasteiger partial charge in [0.05, 0.1) is 30.6 Å². The Hall–Kier alpha value is -5.11. The highest BCUT2D eigenvalue weighted by Gasteiger charge is 2.61. The van der Waals surface area contributed by atoms with E-state index in [0.29, 0.717) is 51.4 Å². The number of pyridine rings is 2. The van der Waals surface area contributed by atoms with Crippen molar-refractivity contribution in [3.05, 3.63) is 54.1 Å². The van der Waals surface area contributed by atoms with Crippen molar-refractivity contribution in [3.63, 3.8) is 0 Å². The summed E-state index contributed by atoms with van der Waals surface area (Å²) < 4.78 is 18.0. The van der Waals surface area contributed by atoms with E-state index >= 15 is 0 Å². The minimum atomic E-state index is -1.53. The fourth-order valence-electron chi connectivity index (χ4n) is 8.30. The number of aliphatic carboxylic acids is 1. The van der Waals surface area contributed by atoms with E-state index in [1.807, 2.05) is 52.8 Å². The fraction of sp³-hybridized carbons (Fsp3) is 0.524. The van der Waals surface area contributed by atoms with Gasteiger partial charge in [-0.2, -0.15) is 0 Å². The van der Waals surface area contributed by atoms with Crippen molar-refractivity contribution in [3.8, 4) is 22.9 Å². The van der Waals surface area contributed by atoms with Gasteiger partial charge in [-0.3, -0.25) is 9.59 Å². The van der Waals surface area contributed by atoms with Crippen LogP contribution in [-0.4, -0.2) is 93.4 Å². The van der Waals surface area contributed by atoms with Gasteiger partial charge in [-0.15, -0.1) is 6.58 Å². The topological polar surface area (TPSA) is 181 Å². The van der Waals surface area contributed by atoms with Gasteiger partial charge in [0.15, 0.2) is 0 Å². The molecule has 3 saturated carbocycles. The highest BCUT2D eigenvalue weighted by molar-refractivity contribution is 6.36. The molecule has 7 rings (SSSR count). The lowest BCUT2D eigenvalue weighted by Gasteiger charge is -2.35. The molecule has 3 amide bonds. The lowest BCUT2D eigenvalue weighted by Crippen LogP contribution is -2.59. The van der Waals surface area contributed by atoms with Crippen molar-refractivity contribution < 1.29 is 38.5 Å². The second-order valence-electron chi connectivity index (χ2n) is 17.2. The Morgan fingerprint density at radius 2 is 1.75 bits per heavy atom. The third-order valence-corrected chi connectivity index (χ3v) is 11.9. The number of hydrogen-bond donors (Lipinski definition) is 4. The van der Waals surface area contributed by atoms with Crippen LogP contribution in [0.25, 0.3) is 22.3 Å². The van der Waals surface area contributed by atoms with Gasteiger partial charge in [-0.1, -0.05) is 44.5 Å². The summed E-state index contributed by atoms with van der Waals surface area (Å²) in [5.41, 5.74) is -0.915. The number of halogens is 1. The smallest absolute Gasteiger partial charge is 0.408 e. The van der Waals surface area contributed by atoms with Crippen molar-refractivity contribution in [2.75, 3.05) is 19.0 Å². The number of carboxylic acid groups (broad SMARTS) is 1. The molecule has 4 fully saturated rings. The maximum Gasteiger partial charge on any atom is 0.408 e. The molecule has 57 heavy (non-hydrogen) atoms. The second-order valence-corrected chi connectivity index (χ2v) is 17.6. The summed E-state index contributed by atoms with van der Waals surface area (Å²) in [6.07, 6.45) is 2.86. The Labute approximate surface area is 337 Å². The number of nitrogens with zero attached hydrogens (tertiary/aromatic N) is 3. The van der Waals surface area contributed by atoms with Gasteiger partial charge < -0.3 is 40.2 Å². The first-order chi connectivity index (χ1) is 27.0. The van der Waals surface area contributed by atoms with E-state index in [-0.39, 0.29) is 36.6 Å². The summed E-state index contributed by atoms with van der Waals surface area (Å²) in [5, 5.41) is 19.8. The van der Waals surface area contributed by atoms with Crippen molar-refractivity contribution in [2.24, 2.45) is 23.2 Å². The summed E-state index contributed by atoms with van der Waals surface area (Å²) in [5.74, 6) is -0.187. The van der Waals surface area contributed by atoms with Crippen LogP contribution in [0.5, 0.6) is 11.5 Å². The molecule has 304 valence electrons. The number of amides is 3. The molecule has 1 unspecified atom stereocenters. The molecule has 4 N–H and O–H groups in total. The van der Waals surface area contributed by atoms with E-state index < -0.39 is 58.9 Å². The van der Waals surface area contributed by atoms with Gasteiger partial charge >= 0.3 is 12.1 Å². The number of methoxy groups -OCH3 is 1. The molecule has 4 aliphatic rings. The van der Waals surface area contributed by atoms with Gasteiger partial charge in [0.1, 0.15) is 52.2 Å². The summed E-state index contributed by atoms with van der Waals surface area (Å²) in [7, 11) is 1.51. The number of benzene rings is 1. The van der Waals surface area contributed by atoms with Crippen LogP contribution in [0.3, 0.4) is 0 Å². The predicted octanol–water partition coefficient (Wildman–Crippen LogP) is 6.21. The van der Waals surface area contributed by atoms with E-state index in [2.05, 4.69) is 22.5 Å². The summed E-state index contributed by atoms with van der Waals surface area (Å²) in [6, 6.07) is 8.69. The number of alkyl carbamates (subject to hydrolysis) is 1. The fourth-order valence-corrected chi connectivity index (χ4v) is 8.58. The predicted molar refractivity (Wildman–Crippen MR) is 214 cm³/mol. The number of carbonyl (C=O) groups excluding carboxylic acids is 3. The number of carbonyl (C=O) groups is 4. The van der Waals surface area contributed by atoms with E-state index in [0.717, 1.165) is 12.8 Å². The van der Waals surface area contributed by atoms with Crippen molar-refractivity contribution >= 4 is 52.2 Å². The number of rotatable bonds is 13. The average molecular weight is 803 g/mol. The number of fused-ring (bicyclic) bond motifs is 2. The molecule has 1 aromatic carbocycles. The maximum atomic E-state index is 14.7. The molecular formula is C42H51ClN6O8. The molecule has 3 aliphatic carbocycles. The van der Waals surface area contributed by atoms with Gasteiger partial charge in [-0.05, 0) is 81.0 Å². The molecule has 0 radical (unpaired) electrons. The molecule has 0 bridgehead atoms. The molecule has 2 aromatic heterocycles. The largest absolute Gasteiger partial charge is 0.495 e. The maximum absolute atomic E-state index is 14.7. The van der Waals surface area contributed by atoms with E-state index in [4.69, 9.17) is 35.8 Å². The molecule has 1 aliphatic heterocycles. The van der Waals surface area contributed by atoms with Crippen molar-refractivity contribution in [1.82, 2.24) is 25.5 Å². The minimum Gasteiger partial charge on any atom is -0.495 e. The zero-order valence-electron chi connectivity index (χ0n) is 33.1. The Kier molecular flexibility index (Phi) is 10.8. The molecule has 1 saturated heterocycles. The lowest BCUT2D eigenvalue weighted by atomic mass is 9.85. The van der Waals surface area contributed by atoms with Gasteiger partial charge in [0, 0.05) is 29.8 Å². The van der Waals surface area contributed by atoms with E-state index in [9.17, 15) is 24.3 Å². The van der Waals surface area contributed by atoms with E-state index in [1.165, 1.54) is 24.5 Å².